The Morgan fingerprint density at radius 2 is 2.17 bits per heavy atom. The third-order valence-corrected chi connectivity index (χ3v) is 3.69. The van der Waals surface area contributed by atoms with E-state index in [4.69, 9.17) is 0 Å². The number of rotatable bonds is 3. The van der Waals surface area contributed by atoms with Crippen LogP contribution in [0.2, 0.25) is 0 Å². The van der Waals surface area contributed by atoms with Crippen molar-refractivity contribution in [3.05, 3.63) is 40.1 Å². The van der Waals surface area contributed by atoms with Crippen LogP contribution in [0.5, 0.6) is 0 Å². The molecule has 1 aliphatic heterocycles. The summed E-state index contributed by atoms with van der Waals surface area (Å²) in [6.45, 7) is -0.295. The third kappa shape index (κ3) is 2.88. The normalized spacial score (nSPS) is 17.5. The SMILES string of the molecule is O=C(O)[C@@H]1CCCc2nn(Cc3ccnc(C(F)(F)F)n3)c(=O)n21. The van der Waals surface area contributed by atoms with E-state index >= 15 is 0 Å². The second-order valence-electron chi connectivity index (χ2n) is 5.34. The summed E-state index contributed by atoms with van der Waals surface area (Å²) in [6.07, 6.45) is -2.43. The molecule has 1 N–H and O–H groups in total. The van der Waals surface area contributed by atoms with Crippen molar-refractivity contribution in [3.63, 3.8) is 0 Å². The average Bonchev–Trinajstić information content (AvgIpc) is 2.83. The number of aliphatic carboxylic acids is 1. The molecular formula is C13H12F3N5O3. The fraction of sp³-hybridized carbons (Fsp3) is 0.462. The number of aromatic nitrogens is 5. The number of alkyl halides is 3. The fourth-order valence-electron chi connectivity index (χ4n) is 2.64. The van der Waals surface area contributed by atoms with Crippen LogP contribution in [0.4, 0.5) is 13.2 Å². The maximum atomic E-state index is 12.6. The van der Waals surface area contributed by atoms with E-state index in [1.165, 1.54) is 6.07 Å². The molecule has 0 bridgehead atoms. The lowest BCUT2D eigenvalue weighted by atomic mass is 10.1. The first-order valence-electron chi connectivity index (χ1n) is 7.07. The lowest BCUT2D eigenvalue weighted by Crippen LogP contribution is -2.34. The first-order valence-corrected chi connectivity index (χ1v) is 7.07. The predicted molar refractivity (Wildman–Crippen MR) is 72.2 cm³/mol. The largest absolute Gasteiger partial charge is 0.480 e. The van der Waals surface area contributed by atoms with Gasteiger partial charge in [-0.25, -0.2) is 24.2 Å². The van der Waals surface area contributed by atoms with Crippen LogP contribution in [0.25, 0.3) is 0 Å². The summed E-state index contributed by atoms with van der Waals surface area (Å²) in [5.41, 5.74) is -0.717. The zero-order valence-corrected chi connectivity index (χ0v) is 12.2. The fourth-order valence-corrected chi connectivity index (χ4v) is 2.64. The molecule has 0 saturated heterocycles. The van der Waals surface area contributed by atoms with Crippen LogP contribution in [0, 0.1) is 0 Å². The van der Waals surface area contributed by atoms with Gasteiger partial charge >= 0.3 is 17.8 Å². The van der Waals surface area contributed by atoms with E-state index in [1.54, 1.807) is 0 Å². The average molecular weight is 343 g/mol. The summed E-state index contributed by atoms with van der Waals surface area (Å²) in [7, 11) is 0. The van der Waals surface area contributed by atoms with Gasteiger partial charge in [-0.3, -0.25) is 4.57 Å². The number of halogens is 3. The van der Waals surface area contributed by atoms with E-state index in [0.29, 0.717) is 25.1 Å². The molecule has 0 amide bonds. The molecule has 24 heavy (non-hydrogen) atoms. The number of hydrogen-bond donors (Lipinski definition) is 1. The first kappa shape index (κ1) is 16.1. The highest BCUT2D eigenvalue weighted by molar-refractivity contribution is 5.72. The molecule has 0 radical (unpaired) electrons. The van der Waals surface area contributed by atoms with Crippen molar-refractivity contribution in [3.8, 4) is 0 Å². The summed E-state index contributed by atoms with van der Waals surface area (Å²) >= 11 is 0. The molecule has 0 fully saturated rings. The number of carboxylic acid groups (broad SMARTS) is 1. The molecular weight excluding hydrogens is 331 g/mol. The van der Waals surface area contributed by atoms with Crippen molar-refractivity contribution in [2.45, 2.75) is 38.0 Å². The smallest absolute Gasteiger partial charge is 0.451 e. The summed E-state index contributed by atoms with van der Waals surface area (Å²) in [4.78, 5) is 30.1. The van der Waals surface area contributed by atoms with Crippen LogP contribution in [0.3, 0.4) is 0 Å². The van der Waals surface area contributed by atoms with Gasteiger partial charge < -0.3 is 5.11 Å². The van der Waals surface area contributed by atoms with Crippen molar-refractivity contribution in [1.82, 2.24) is 24.3 Å². The number of hydrogen-bond acceptors (Lipinski definition) is 5. The van der Waals surface area contributed by atoms with Gasteiger partial charge in [0.15, 0.2) is 0 Å². The maximum absolute atomic E-state index is 12.6. The molecule has 0 spiro atoms. The standard InChI is InChI=1S/C13H12F3N5O3/c14-13(15,16)11-17-5-4-7(18-11)6-20-12(24)21-8(10(22)23)2-1-3-9(21)19-20/h4-5,8H,1-3,6H2,(H,22,23)/t8-/m0/s1. The van der Waals surface area contributed by atoms with Crippen LogP contribution < -0.4 is 5.69 Å². The quantitative estimate of drug-likeness (QED) is 0.887. The zero-order chi connectivity index (χ0) is 17.5. The van der Waals surface area contributed by atoms with E-state index in [9.17, 15) is 27.9 Å². The Hall–Kier alpha value is -2.72. The van der Waals surface area contributed by atoms with Gasteiger partial charge in [0.1, 0.15) is 11.9 Å². The van der Waals surface area contributed by atoms with E-state index in [2.05, 4.69) is 15.1 Å². The number of carbonyl (C=O) groups is 1. The third-order valence-electron chi connectivity index (χ3n) is 3.69. The number of aryl methyl sites for hydroxylation is 1. The highest BCUT2D eigenvalue weighted by atomic mass is 19.4. The maximum Gasteiger partial charge on any atom is 0.451 e. The van der Waals surface area contributed by atoms with Crippen LogP contribution in [0.1, 0.15) is 36.2 Å². The lowest BCUT2D eigenvalue weighted by Gasteiger charge is -2.19. The van der Waals surface area contributed by atoms with Gasteiger partial charge in [-0.05, 0) is 18.9 Å². The van der Waals surface area contributed by atoms with Crippen molar-refractivity contribution >= 4 is 5.97 Å². The molecule has 128 valence electrons. The molecule has 11 heteroatoms. The van der Waals surface area contributed by atoms with Gasteiger partial charge in [-0.2, -0.15) is 18.3 Å². The Kier molecular flexibility index (Phi) is 3.85. The van der Waals surface area contributed by atoms with Crippen LogP contribution >= 0.6 is 0 Å². The molecule has 2 aromatic rings. The Morgan fingerprint density at radius 3 is 2.83 bits per heavy atom. The number of fused-ring (bicyclic) bond motifs is 1. The topological polar surface area (TPSA) is 103 Å². The molecule has 0 unspecified atom stereocenters. The summed E-state index contributed by atoms with van der Waals surface area (Å²) in [5, 5.41) is 13.2. The Morgan fingerprint density at radius 1 is 1.42 bits per heavy atom. The zero-order valence-electron chi connectivity index (χ0n) is 12.2. The Labute approximate surface area is 132 Å². The molecule has 0 aromatic carbocycles. The minimum Gasteiger partial charge on any atom is -0.480 e. The van der Waals surface area contributed by atoms with Gasteiger partial charge in [0.25, 0.3) is 0 Å². The number of carboxylic acids is 1. The van der Waals surface area contributed by atoms with Gasteiger partial charge in [0.2, 0.25) is 5.82 Å². The van der Waals surface area contributed by atoms with Crippen LogP contribution in [0.15, 0.2) is 17.1 Å². The highest BCUT2D eigenvalue weighted by Gasteiger charge is 2.35. The predicted octanol–water partition coefficient (Wildman–Crippen LogP) is 0.864. The second-order valence-corrected chi connectivity index (χ2v) is 5.34. The van der Waals surface area contributed by atoms with Crippen LogP contribution in [-0.4, -0.2) is 35.4 Å². The van der Waals surface area contributed by atoms with Gasteiger partial charge in [-0.15, -0.1) is 0 Å². The molecule has 1 aliphatic rings. The molecule has 2 aromatic heterocycles. The monoisotopic (exact) mass is 343 g/mol. The Bertz CT molecular complexity index is 842. The van der Waals surface area contributed by atoms with E-state index < -0.39 is 29.7 Å². The minimum absolute atomic E-state index is 0.0400. The molecule has 3 rings (SSSR count). The van der Waals surface area contributed by atoms with Gasteiger partial charge in [0.05, 0.1) is 12.2 Å². The molecule has 3 heterocycles. The van der Waals surface area contributed by atoms with Crippen molar-refractivity contribution in [2.75, 3.05) is 0 Å². The van der Waals surface area contributed by atoms with E-state index in [-0.39, 0.29) is 12.2 Å². The van der Waals surface area contributed by atoms with Crippen LogP contribution in [-0.2, 0) is 23.9 Å². The Balaban J connectivity index is 1.95. The van der Waals surface area contributed by atoms with Crippen molar-refractivity contribution in [2.24, 2.45) is 0 Å². The molecule has 8 nitrogen and oxygen atoms in total. The van der Waals surface area contributed by atoms with Crippen molar-refractivity contribution in [1.29, 1.82) is 0 Å². The minimum atomic E-state index is -4.69. The van der Waals surface area contributed by atoms with Crippen molar-refractivity contribution < 1.29 is 23.1 Å². The molecule has 0 saturated carbocycles. The molecule has 0 aliphatic carbocycles. The first-order chi connectivity index (χ1) is 11.3. The summed E-state index contributed by atoms with van der Waals surface area (Å²) in [6, 6.07) is 0.237. The number of nitrogens with zero attached hydrogens (tertiary/aromatic N) is 5. The second kappa shape index (κ2) is 5.73. The highest BCUT2D eigenvalue weighted by Crippen LogP contribution is 2.26. The molecule has 1 atom stereocenters. The van der Waals surface area contributed by atoms with Gasteiger partial charge in [0, 0.05) is 12.6 Å². The lowest BCUT2D eigenvalue weighted by molar-refractivity contribution is -0.145. The van der Waals surface area contributed by atoms with E-state index in [0.717, 1.165) is 15.4 Å². The summed E-state index contributed by atoms with van der Waals surface area (Å²) < 4.78 is 39.9. The summed E-state index contributed by atoms with van der Waals surface area (Å²) in [5.74, 6) is -2.14. The van der Waals surface area contributed by atoms with E-state index in [1.807, 2.05) is 0 Å². The van der Waals surface area contributed by atoms with Gasteiger partial charge in [-0.1, -0.05) is 0 Å².